The Morgan fingerprint density at radius 2 is 1.26 bits per heavy atom. The fourth-order valence-corrected chi connectivity index (χ4v) is 2.51. The highest BCUT2D eigenvalue weighted by Gasteiger charge is 1.92. The molecule has 0 aromatic carbocycles. The molecule has 0 spiro atoms. The lowest BCUT2D eigenvalue weighted by atomic mass is 10.1. The Bertz CT molecular complexity index is 496. The topological polar surface area (TPSA) is 46.5 Å². The second kappa shape index (κ2) is 20.3. The van der Waals surface area contributed by atoms with Crippen molar-refractivity contribution >= 4 is 5.97 Å². The van der Waals surface area contributed by atoms with Crippen LogP contribution in [0.15, 0.2) is 60.4 Å². The summed E-state index contributed by atoms with van der Waals surface area (Å²) in [6.45, 7) is 4.41. The van der Waals surface area contributed by atoms with Gasteiger partial charge in [0.1, 0.15) is 5.76 Å². The minimum atomic E-state index is -0.340. The first-order valence-electron chi connectivity index (χ1n) is 10.4. The van der Waals surface area contributed by atoms with E-state index in [1.54, 1.807) is 31.2 Å². The van der Waals surface area contributed by atoms with Gasteiger partial charge in [-0.2, -0.15) is 0 Å². The van der Waals surface area contributed by atoms with E-state index in [1.165, 1.54) is 57.4 Å². The molecular weight excluding hydrogens is 336 g/mol. The number of rotatable bonds is 16. The van der Waals surface area contributed by atoms with Gasteiger partial charge in [-0.05, 0) is 31.9 Å². The summed E-state index contributed by atoms with van der Waals surface area (Å²) in [5.41, 5.74) is 0. The Balaban J connectivity index is 3.72. The molecular formula is C24H38O3. The minimum absolute atomic E-state index is 0.311. The third-order valence-electron chi connectivity index (χ3n) is 4.00. The first-order chi connectivity index (χ1) is 13.2. The normalized spacial score (nSPS) is 12.9. The van der Waals surface area contributed by atoms with E-state index in [4.69, 9.17) is 4.74 Å². The summed E-state index contributed by atoms with van der Waals surface area (Å²) in [4.78, 5) is 11.1. The molecule has 1 N–H and O–H groups in total. The molecule has 0 radical (unpaired) electrons. The second-order valence-corrected chi connectivity index (χ2v) is 6.49. The second-order valence-electron chi connectivity index (χ2n) is 6.49. The molecule has 0 amide bonds. The van der Waals surface area contributed by atoms with Crippen LogP contribution >= 0.6 is 0 Å². The Morgan fingerprint density at radius 1 is 0.741 bits per heavy atom. The van der Waals surface area contributed by atoms with Crippen molar-refractivity contribution in [2.75, 3.05) is 6.61 Å². The molecule has 0 unspecified atom stereocenters. The van der Waals surface area contributed by atoms with Gasteiger partial charge in [-0.3, -0.25) is 0 Å². The van der Waals surface area contributed by atoms with Crippen LogP contribution in [0, 0.1) is 0 Å². The van der Waals surface area contributed by atoms with Gasteiger partial charge in [-0.15, -0.1) is 0 Å². The van der Waals surface area contributed by atoms with E-state index in [-0.39, 0.29) is 5.97 Å². The zero-order chi connectivity index (χ0) is 20.0. The summed E-state index contributed by atoms with van der Waals surface area (Å²) < 4.78 is 4.77. The van der Waals surface area contributed by atoms with Crippen molar-refractivity contribution in [3.63, 3.8) is 0 Å². The highest BCUT2D eigenvalue weighted by atomic mass is 16.5. The van der Waals surface area contributed by atoms with Crippen LogP contribution in [0.2, 0.25) is 0 Å². The lowest BCUT2D eigenvalue weighted by molar-refractivity contribution is -0.137. The van der Waals surface area contributed by atoms with Gasteiger partial charge in [-0.25, -0.2) is 4.79 Å². The van der Waals surface area contributed by atoms with Gasteiger partial charge >= 0.3 is 5.97 Å². The van der Waals surface area contributed by atoms with Crippen molar-refractivity contribution in [2.45, 2.75) is 78.1 Å². The Kier molecular flexibility index (Phi) is 18.8. The molecule has 0 saturated heterocycles. The maximum absolute atomic E-state index is 11.1. The first-order valence-corrected chi connectivity index (χ1v) is 10.4. The minimum Gasteiger partial charge on any atom is -0.508 e. The predicted octanol–water partition coefficient (Wildman–Crippen LogP) is 7.14. The molecule has 0 aliphatic rings. The summed E-state index contributed by atoms with van der Waals surface area (Å²) >= 11 is 0. The molecule has 3 heteroatoms. The van der Waals surface area contributed by atoms with Crippen LogP contribution in [0.1, 0.15) is 78.1 Å². The highest BCUT2D eigenvalue weighted by molar-refractivity contribution is 5.82. The highest BCUT2D eigenvalue weighted by Crippen LogP contribution is 2.11. The average Bonchev–Trinajstić information content (AvgIpc) is 2.65. The third-order valence-corrected chi connectivity index (χ3v) is 4.00. The number of hydrogen-bond donors (Lipinski definition) is 1. The molecule has 0 aromatic heterocycles. The van der Waals surface area contributed by atoms with E-state index in [1.807, 2.05) is 24.3 Å². The van der Waals surface area contributed by atoms with E-state index in [2.05, 4.69) is 6.92 Å². The number of aliphatic hydroxyl groups is 1. The van der Waals surface area contributed by atoms with Crippen LogP contribution in [0.3, 0.4) is 0 Å². The van der Waals surface area contributed by atoms with Crippen LogP contribution in [0.25, 0.3) is 0 Å². The Morgan fingerprint density at radius 3 is 1.85 bits per heavy atom. The molecule has 0 aliphatic heterocycles. The fourth-order valence-electron chi connectivity index (χ4n) is 2.51. The number of allylic oxidation sites excluding steroid dienone is 8. The van der Waals surface area contributed by atoms with Crippen molar-refractivity contribution < 1.29 is 14.6 Å². The SMILES string of the molecule is CCCCCCCCCCC/C=C(O)/C=C/C=C/C=C/C=C/C(=O)OCC. The molecule has 0 aromatic rings. The molecule has 0 aliphatic carbocycles. The molecule has 0 fully saturated rings. The number of esters is 1. The Hall–Kier alpha value is -2.03. The molecule has 27 heavy (non-hydrogen) atoms. The van der Waals surface area contributed by atoms with Crippen molar-refractivity contribution in [3.8, 4) is 0 Å². The van der Waals surface area contributed by atoms with Crippen molar-refractivity contribution in [2.24, 2.45) is 0 Å². The van der Waals surface area contributed by atoms with Crippen LogP contribution in [-0.4, -0.2) is 17.7 Å². The smallest absolute Gasteiger partial charge is 0.330 e. The summed E-state index contributed by atoms with van der Waals surface area (Å²) in [6, 6.07) is 0. The molecule has 3 nitrogen and oxygen atoms in total. The van der Waals surface area contributed by atoms with Gasteiger partial charge in [0.05, 0.1) is 6.61 Å². The van der Waals surface area contributed by atoms with Gasteiger partial charge in [0, 0.05) is 6.08 Å². The fraction of sp³-hybridized carbons (Fsp3) is 0.542. The quantitative estimate of drug-likeness (QED) is 0.103. The number of carbonyl (C=O) groups is 1. The van der Waals surface area contributed by atoms with Gasteiger partial charge in [0.2, 0.25) is 0 Å². The van der Waals surface area contributed by atoms with E-state index in [0.717, 1.165) is 12.8 Å². The van der Waals surface area contributed by atoms with Crippen LogP contribution < -0.4 is 0 Å². The van der Waals surface area contributed by atoms with Crippen LogP contribution in [0.4, 0.5) is 0 Å². The summed E-state index contributed by atoms with van der Waals surface area (Å²) in [6.07, 6.45) is 28.3. The maximum Gasteiger partial charge on any atom is 0.330 e. The van der Waals surface area contributed by atoms with Crippen molar-refractivity contribution in [3.05, 3.63) is 60.4 Å². The van der Waals surface area contributed by atoms with E-state index >= 15 is 0 Å². The van der Waals surface area contributed by atoms with Crippen molar-refractivity contribution in [1.29, 1.82) is 0 Å². The zero-order valence-corrected chi connectivity index (χ0v) is 17.2. The van der Waals surface area contributed by atoms with Crippen LogP contribution in [0.5, 0.6) is 0 Å². The number of unbranched alkanes of at least 4 members (excludes halogenated alkanes) is 9. The van der Waals surface area contributed by atoms with Crippen molar-refractivity contribution in [1.82, 2.24) is 0 Å². The summed E-state index contributed by atoms with van der Waals surface area (Å²) in [7, 11) is 0. The van der Waals surface area contributed by atoms with E-state index < -0.39 is 0 Å². The third kappa shape index (κ3) is 20.1. The monoisotopic (exact) mass is 374 g/mol. The summed E-state index contributed by atoms with van der Waals surface area (Å²) in [5, 5.41) is 9.78. The largest absolute Gasteiger partial charge is 0.508 e. The molecule has 0 rings (SSSR count). The average molecular weight is 375 g/mol. The maximum atomic E-state index is 11.1. The van der Waals surface area contributed by atoms with Gasteiger partial charge < -0.3 is 9.84 Å². The molecule has 0 saturated carbocycles. The van der Waals surface area contributed by atoms with Gasteiger partial charge in [-0.1, -0.05) is 94.7 Å². The van der Waals surface area contributed by atoms with E-state index in [9.17, 15) is 9.90 Å². The zero-order valence-electron chi connectivity index (χ0n) is 17.2. The molecule has 0 atom stereocenters. The number of aliphatic hydroxyl groups excluding tert-OH is 1. The number of carbonyl (C=O) groups excluding carboxylic acids is 1. The van der Waals surface area contributed by atoms with Gasteiger partial charge in [0.15, 0.2) is 0 Å². The van der Waals surface area contributed by atoms with Gasteiger partial charge in [0.25, 0.3) is 0 Å². The number of ether oxygens (including phenoxy) is 1. The van der Waals surface area contributed by atoms with E-state index in [0.29, 0.717) is 12.4 Å². The first kappa shape index (κ1) is 25.0. The lowest BCUT2D eigenvalue weighted by Crippen LogP contribution is -1.98. The summed E-state index contributed by atoms with van der Waals surface area (Å²) in [5.74, 6) is -0.0292. The molecule has 0 bridgehead atoms. The molecule has 152 valence electrons. The Labute approximate surface area is 166 Å². The predicted molar refractivity (Wildman–Crippen MR) is 116 cm³/mol. The van der Waals surface area contributed by atoms with Crippen LogP contribution in [-0.2, 0) is 9.53 Å². The number of hydrogen-bond acceptors (Lipinski definition) is 3. The lowest BCUT2D eigenvalue weighted by Gasteiger charge is -2.00. The molecule has 0 heterocycles. The standard InChI is InChI=1S/C24H38O3/c1-3-5-6-7-8-9-10-11-14-17-20-23(25)21-18-15-12-13-16-19-22-24(26)27-4-2/h12-13,15-16,18-22,25H,3-11,14,17H2,1-2H3/b15-12+,16-13+,21-18+,22-19+,23-20-.